The van der Waals surface area contributed by atoms with E-state index in [1.165, 1.54) is 128 Å². The Hall–Kier alpha value is -4.31. The molecule has 0 aromatic rings. The molecule has 0 spiro atoms. The van der Waals surface area contributed by atoms with E-state index < -0.39 is 24.3 Å². The van der Waals surface area contributed by atoms with Crippen LogP contribution in [0.25, 0.3) is 0 Å². The molecule has 9 heteroatoms. The molecule has 0 aromatic heterocycles. The Bertz CT molecular complexity index is 1710. The highest BCUT2D eigenvalue weighted by molar-refractivity contribution is 5.70. The first-order chi connectivity index (χ1) is 38.6. The van der Waals surface area contributed by atoms with Gasteiger partial charge in [0.25, 0.3) is 0 Å². The fourth-order valence-corrected chi connectivity index (χ4v) is 8.44. The zero-order valence-electron chi connectivity index (χ0n) is 51.2. The molecule has 0 N–H and O–H groups in total. The first-order valence-corrected chi connectivity index (χ1v) is 31.7. The van der Waals surface area contributed by atoms with Crippen molar-refractivity contribution in [3.05, 3.63) is 122 Å². The Morgan fingerprint density at radius 2 is 0.709 bits per heavy atom. The summed E-state index contributed by atoms with van der Waals surface area (Å²) in [6.45, 7) is 4.44. The van der Waals surface area contributed by atoms with Gasteiger partial charge in [-0.15, -0.1) is 0 Å². The van der Waals surface area contributed by atoms with Crippen molar-refractivity contribution in [3.63, 3.8) is 0 Å². The van der Waals surface area contributed by atoms with E-state index in [0.29, 0.717) is 17.4 Å². The zero-order valence-corrected chi connectivity index (χ0v) is 51.2. The summed E-state index contributed by atoms with van der Waals surface area (Å²) in [5.41, 5.74) is 0. The number of aliphatic carboxylic acids is 1. The number of carbonyl (C=O) groups excluding carboxylic acids is 3. The van der Waals surface area contributed by atoms with Crippen molar-refractivity contribution in [2.24, 2.45) is 0 Å². The van der Waals surface area contributed by atoms with Gasteiger partial charge in [-0.3, -0.25) is 9.59 Å². The molecule has 0 radical (unpaired) electrons. The molecule has 79 heavy (non-hydrogen) atoms. The standard InChI is InChI=1S/C70H117NO8/c1-6-8-10-12-14-16-18-20-22-24-26-27-28-29-30-31-32-33-34-35-36-37-38-39-40-41-43-44-46-48-50-52-54-56-58-60-67(72)77-64-66(65-78-70(69(74)75)76-63-62-71(3,4)5)79-68(73)61-59-57-55-53-51-49-47-45-42-25-23-21-19-17-15-13-11-9-7-2/h8-11,14-17,20-23,26-27,42,45,49,51,55,57,66,70H,6-7,12-13,18-19,24-25,28-41,43-44,46-48,50,52-54,56,58-65H2,1-5H3/b10-8-,11-9-,16-14-,17-15-,22-20-,23-21-,27-26-,45-42-,51-49-,57-55-. The fourth-order valence-electron chi connectivity index (χ4n) is 8.44. The largest absolute Gasteiger partial charge is 0.545 e. The van der Waals surface area contributed by atoms with Gasteiger partial charge in [0.05, 0.1) is 40.3 Å². The normalized spacial score (nSPS) is 13.6. The lowest BCUT2D eigenvalue weighted by molar-refractivity contribution is -0.870. The van der Waals surface area contributed by atoms with Crippen molar-refractivity contribution >= 4 is 17.9 Å². The van der Waals surface area contributed by atoms with E-state index in [-0.39, 0.29) is 38.6 Å². The van der Waals surface area contributed by atoms with Gasteiger partial charge >= 0.3 is 11.9 Å². The SMILES string of the molecule is CC/C=C\C/C=C\C/C=C\C/C=C\C/C=C\C/C=C\CCC(=O)OC(COC(=O)CCCCCCCCCCCCCCCCCCCCCCCC/C=C\C/C=C\C/C=C\C/C=C\CC)COC(OCC[N+](C)(C)C)C(=O)[O-]. The lowest BCUT2D eigenvalue weighted by atomic mass is 10.0. The minimum absolute atomic E-state index is 0.118. The molecule has 0 aromatic carbocycles. The molecule has 0 amide bonds. The lowest BCUT2D eigenvalue weighted by Crippen LogP contribution is -2.44. The van der Waals surface area contributed by atoms with Crippen LogP contribution in [0.4, 0.5) is 0 Å². The minimum atomic E-state index is -1.65. The van der Waals surface area contributed by atoms with Crippen molar-refractivity contribution in [3.8, 4) is 0 Å². The summed E-state index contributed by atoms with van der Waals surface area (Å²) in [5, 5.41) is 11.8. The number of rotatable bonds is 57. The maximum absolute atomic E-state index is 12.8. The number of allylic oxidation sites excluding steroid dienone is 20. The number of carboxylic acids is 1. The molecule has 0 heterocycles. The second kappa shape index (κ2) is 59.8. The fraction of sp³-hybridized carbons (Fsp3) is 0.671. The number of quaternary nitrogens is 1. The predicted octanol–water partition coefficient (Wildman–Crippen LogP) is 17.9. The molecule has 0 saturated heterocycles. The monoisotopic (exact) mass is 1100 g/mol. The van der Waals surface area contributed by atoms with Gasteiger partial charge in [0.2, 0.25) is 0 Å². The molecule has 0 aliphatic rings. The second-order valence-electron chi connectivity index (χ2n) is 21.9. The highest BCUT2D eigenvalue weighted by Gasteiger charge is 2.21. The number of esters is 2. The Morgan fingerprint density at radius 1 is 0.380 bits per heavy atom. The van der Waals surface area contributed by atoms with E-state index in [1.807, 2.05) is 33.3 Å². The Labute approximate surface area is 485 Å². The Balaban J connectivity index is 4.14. The molecule has 450 valence electrons. The van der Waals surface area contributed by atoms with Crippen LogP contribution in [0, 0.1) is 0 Å². The number of unbranched alkanes of at least 4 members (excludes halogenated alkanes) is 22. The smallest absolute Gasteiger partial charge is 0.306 e. The Morgan fingerprint density at radius 3 is 1.06 bits per heavy atom. The third kappa shape index (κ3) is 61.2. The summed E-state index contributed by atoms with van der Waals surface area (Å²) < 4.78 is 22.6. The van der Waals surface area contributed by atoms with E-state index in [4.69, 9.17) is 18.9 Å². The van der Waals surface area contributed by atoms with E-state index in [2.05, 4.69) is 123 Å². The van der Waals surface area contributed by atoms with Crippen molar-refractivity contribution in [1.82, 2.24) is 0 Å². The maximum Gasteiger partial charge on any atom is 0.306 e. The van der Waals surface area contributed by atoms with Crippen LogP contribution in [0.3, 0.4) is 0 Å². The third-order valence-corrected chi connectivity index (χ3v) is 13.2. The summed E-state index contributed by atoms with van der Waals surface area (Å²) in [6, 6.07) is 0. The van der Waals surface area contributed by atoms with Crippen LogP contribution in [-0.4, -0.2) is 82.3 Å². The van der Waals surface area contributed by atoms with Crippen LogP contribution in [0.1, 0.15) is 245 Å². The first kappa shape index (κ1) is 74.7. The van der Waals surface area contributed by atoms with Crippen molar-refractivity contribution in [2.75, 3.05) is 47.5 Å². The lowest BCUT2D eigenvalue weighted by Gasteiger charge is -2.26. The van der Waals surface area contributed by atoms with Gasteiger partial charge in [-0.1, -0.05) is 264 Å². The average Bonchev–Trinajstić information content (AvgIpc) is 3.42. The number of nitrogens with zero attached hydrogens (tertiary/aromatic N) is 1. The van der Waals surface area contributed by atoms with E-state index in [1.54, 1.807) is 0 Å². The van der Waals surface area contributed by atoms with E-state index >= 15 is 0 Å². The quantitative estimate of drug-likeness (QED) is 0.0195. The highest BCUT2D eigenvalue weighted by Crippen LogP contribution is 2.17. The second-order valence-corrected chi connectivity index (χ2v) is 21.9. The summed E-state index contributed by atoms with van der Waals surface area (Å²) in [5.74, 6) is -2.40. The summed E-state index contributed by atoms with van der Waals surface area (Å²) in [6.07, 6.45) is 81.5. The topological polar surface area (TPSA) is 111 Å². The van der Waals surface area contributed by atoms with Crippen LogP contribution in [-0.2, 0) is 33.3 Å². The number of ether oxygens (including phenoxy) is 4. The molecule has 0 saturated carbocycles. The molecule has 2 atom stereocenters. The van der Waals surface area contributed by atoms with Gasteiger partial charge in [0.15, 0.2) is 12.4 Å². The molecular formula is C70H117NO8. The molecule has 0 bridgehead atoms. The zero-order chi connectivity index (χ0) is 57.6. The Kier molecular flexibility index (Phi) is 56.5. The van der Waals surface area contributed by atoms with Crippen molar-refractivity contribution in [1.29, 1.82) is 0 Å². The highest BCUT2D eigenvalue weighted by atomic mass is 16.7. The van der Waals surface area contributed by atoms with Gasteiger partial charge in [-0.2, -0.15) is 0 Å². The minimum Gasteiger partial charge on any atom is -0.545 e. The van der Waals surface area contributed by atoms with Crippen LogP contribution < -0.4 is 5.11 Å². The molecule has 2 unspecified atom stereocenters. The van der Waals surface area contributed by atoms with Gasteiger partial charge < -0.3 is 33.3 Å². The maximum atomic E-state index is 12.8. The first-order valence-electron chi connectivity index (χ1n) is 31.7. The van der Waals surface area contributed by atoms with Gasteiger partial charge in [0, 0.05) is 12.8 Å². The predicted molar refractivity (Wildman–Crippen MR) is 333 cm³/mol. The van der Waals surface area contributed by atoms with E-state index in [9.17, 15) is 19.5 Å². The van der Waals surface area contributed by atoms with Crippen molar-refractivity contribution in [2.45, 2.75) is 257 Å². The number of hydrogen-bond donors (Lipinski definition) is 0. The third-order valence-electron chi connectivity index (χ3n) is 13.2. The van der Waals surface area contributed by atoms with Crippen LogP contribution in [0.15, 0.2) is 122 Å². The number of carbonyl (C=O) groups is 3. The van der Waals surface area contributed by atoms with Gasteiger partial charge in [-0.05, 0) is 89.9 Å². The molecule has 0 aliphatic heterocycles. The summed E-state index contributed by atoms with van der Waals surface area (Å²) >= 11 is 0. The summed E-state index contributed by atoms with van der Waals surface area (Å²) in [4.78, 5) is 37.3. The number of hydrogen-bond acceptors (Lipinski definition) is 8. The number of carboxylic acid groups (broad SMARTS) is 1. The van der Waals surface area contributed by atoms with Gasteiger partial charge in [-0.25, -0.2) is 0 Å². The molecular weight excluding hydrogens is 983 g/mol. The molecule has 9 nitrogen and oxygen atoms in total. The molecule has 0 rings (SSSR count). The van der Waals surface area contributed by atoms with E-state index in [0.717, 1.165) is 83.5 Å². The van der Waals surface area contributed by atoms with Crippen molar-refractivity contribution < 1.29 is 42.9 Å². The molecule has 0 aliphatic carbocycles. The number of likely N-dealkylation sites (N-methyl/N-ethyl adjacent to an activating group) is 1. The van der Waals surface area contributed by atoms with Gasteiger partial charge in [0.1, 0.15) is 13.2 Å². The van der Waals surface area contributed by atoms with Crippen LogP contribution >= 0.6 is 0 Å². The van der Waals surface area contributed by atoms with Crippen LogP contribution in [0.2, 0.25) is 0 Å². The summed E-state index contributed by atoms with van der Waals surface area (Å²) in [7, 11) is 5.89. The van der Waals surface area contributed by atoms with Crippen LogP contribution in [0.5, 0.6) is 0 Å². The average molecular weight is 1100 g/mol. The molecule has 0 fully saturated rings.